The zero-order valence-electron chi connectivity index (χ0n) is 12.7. The second-order valence-corrected chi connectivity index (χ2v) is 5.68. The molecule has 0 aliphatic heterocycles. The molecule has 2 aromatic heterocycles. The molecule has 124 valence electrons. The molecule has 1 aliphatic rings. The van der Waals surface area contributed by atoms with Crippen molar-refractivity contribution in [3.8, 4) is 0 Å². The number of para-hydroxylation sites is 2. The Morgan fingerprint density at radius 2 is 2.08 bits per heavy atom. The number of alkyl halides is 2. The first-order valence-corrected chi connectivity index (χ1v) is 7.49. The number of oxazole rings is 1. The number of benzene rings is 1. The van der Waals surface area contributed by atoms with Crippen LogP contribution in [0.5, 0.6) is 0 Å². The van der Waals surface area contributed by atoms with Crippen LogP contribution in [-0.4, -0.2) is 22.1 Å². The molecule has 0 unspecified atom stereocenters. The minimum absolute atomic E-state index is 0.101. The van der Waals surface area contributed by atoms with Gasteiger partial charge in [-0.2, -0.15) is 4.98 Å². The number of nitrogens with zero attached hydrogens (tertiary/aromatic N) is 3. The van der Waals surface area contributed by atoms with E-state index in [1.807, 2.05) is 0 Å². The Hall–Kier alpha value is -2.77. The van der Waals surface area contributed by atoms with E-state index in [0.717, 1.165) is 12.8 Å². The van der Waals surface area contributed by atoms with Gasteiger partial charge in [0, 0.05) is 6.04 Å². The number of fused-ring (bicyclic) bond motifs is 1. The van der Waals surface area contributed by atoms with E-state index in [0.29, 0.717) is 11.1 Å². The highest BCUT2D eigenvalue weighted by Crippen LogP contribution is 2.36. The maximum Gasteiger partial charge on any atom is 0.305 e. The fourth-order valence-corrected chi connectivity index (χ4v) is 2.62. The van der Waals surface area contributed by atoms with Crippen molar-refractivity contribution >= 4 is 23.0 Å². The molecule has 0 N–H and O–H groups in total. The van der Waals surface area contributed by atoms with Crippen molar-refractivity contribution in [3.05, 3.63) is 41.3 Å². The number of aromatic nitrogens is 2. The molecule has 0 saturated heterocycles. The van der Waals surface area contributed by atoms with Crippen LogP contribution < -0.4 is 4.90 Å². The summed E-state index contributed by atoms with van der Waals surface area (Å²) >= 11 is 0. The van der Waals surface area contributed by atoms with Crippen LogP contribution in [0.25, 0.3) is 11.1 Å². The van der Waals surface area contributed by atoms with Gasteiger partial charge in [-0.1, -0.05) is 17.3 Å². The third-order valence-electron chi connectivity index (χ3n) is 3.92. The minimum Gasteiger partial charge on any atom is -0.423 e. The fraction of sp³-hybridized carbons (Fsp3) is 0.312. The summed E-state index contributed by atoms with van der Waals surface area (Å²) in [7, 11) is 0. The summed E-state index contributed by atoms with van der Waals surface area (Å²) in [5, 5.41) is 3.50. The predicted molar refractivity (Wildman–Crippen MR) is 80.0 cm³/mol. The molecular formula is C16H13F2N3O3. The lowest BCUT2D eigenvalue weighted by atomic mass is 10.1. The zero-order valence-corrected chi connectivity index (χ0v) is 12.7. The van der Waals surface area contributed by atoms with E-state index < -0.39 is 18.1 Å². The summed E-state index contributed by atoms with van der Waals surface area (Å²) in [4.78, 5) is 18.5. The lowest BCUT2D eigenvalue weighted by molar-refractivity contribution is 0.0932. The normalized spacial score (nSPS) is 14.5. The quantitative estimate of drug-likeness (QED) is 0.725. The number of hydrogen-bond donors (Lipinski definition) is 0. The van der Waals surface area contributed by atoms with Crippen molar-refractivity contribution < 1.29 is 22.5 Å². The molecule has 1 fully saturated rings. The van der Waals surface area contributed by atoms with Gasteiger partial charge in [0.05, 0.1) is 5.69 Å². The van der Waals surface area contributed by atoms with E-state index >= 15 is 0 Å². The molecule has 6 nitrogen and oxygen atoms in total. The van der Waals surface area contributed by atoms with Gasteiger partial charge in [0.1, 0.15) is 11.1 Å². The summed E-state index contributed by atoms with van der Waals surface area (Å²) in [5.41, 5.74) is 1.03. The van der Waals surface area contributed by atoms with Crippen molar-refractivity contribution in [2.45, 2.75) is 32.2 Å². The van der Waals surface area contributed by atoms with Crippen LogP contribution in [0.15, 0.2) is 33.2 Å². The van der Waals surface area contributed by atoms with Crippen molar-refractivity contribution in [1.82, 2.24) is 10.1 Å². The highest BCUT2D eigenvalue weighted by atomic mass is 19.3. The van der Waals surface area contributed by atoms with Gasteiger partial charge < -0.3 is 8.94 Å². The molecule has 4 rings (SSSR count). The van der Waals surface area contributed by atoms with E-state index in [2.05, 4.69) is 14.7 Å². The third-order valence-corrected chi connectivity index (χ3v) is 3.92. The van der Waals surface area contributed by atoms with Gasteiger partial charge in [0.2, 0.25) is 5.76 Å². The molecule has 1 aliphatic carbocycles. The highest BCUT2D eigenvalue weighted by Gasteiger charge is 2.40. The minimum atomic E-state index is -2.92. The number of aryl methyl sites for hydroxylation is 1. The summed E-state index contributed by atoms with van der Waals surface area (Å²) < 4.78 is 36.5. The van der Waals surface area contributed by atoms with Crippen LogP contribution in [0, 0.1) is 6.92 Å². The van der Waals surface area contributed by atoms with E-state index in [4.69, 9.17) is 4.42 Å². The molecule has 1 aromatic carbocycles. The molecule has 8 heteroatoms. The van der Waals surface area contributed by atoms with Gasteiger partial charge in [0.25, 0.3) is 12.3 Å². The van der Waals surface area contributed by atoms with Crippen molar-refractivity contribution in [3.63, 3.8) is 0 Å². The summed E-state index contributed by atoms with van der Waals surface area (Å²) in [6, 6.07) is 7.07. The molecule has 0 spiro atoms. The smallest absolute Gasteiger partial charge is 0.305 e. The number of amides is 1. The average molecular weight is 333 g/mol. The Morgan fingerprint density at radius 3 is 2.75 bits per heavy atom. The second kappa shape index (κ2) is 5.40. The van der Waals surface area contributed by atoms with Crippen LogP contribution in [0.4, 0.5) is 14.8 Å². The molecule has 2 heterocycles. The maximum atomic E-state index is 13.1. The zero-order chi connectivity index (χ0) is 16.8. The van der Waals surface area contributed by atoms with Gasteiger partial charge in [0.15, 0.2) is 5.58 Å². The Kier molecular flexibility index (Phi) is 3.33. The molecule has 0 bridgehead atoms. The summed E-state index contributed by atoms with van der Waals surface area (Å²) in [6.45, 7) is 1.46. The third kappa shape index (κ3) is 2.34. The predicted octanol–water partition coefficient (Wildman–Crippen LogP) is 3.87. The Balaban J connectivity index is 1.79. The van der Waals surface area contributed by atoms with Gasteiger partial charge >= 0.3 is 6.01 Å². The Bertz CT molecular complexity index is 881. The largest absolute Gasteiger partial charge is 0.423 e. The van der Waals surface area contributed by atoms with E-state index in [9.17, 15) is 13.6 Å². The topological polar surface area (TPSA) is 72.4 Å². The molecule has 1 amide bonds. The van der Waals surface area contributed by atoms with Crippen molar-refractivity contribution in [2.75, 3.05) is 4.90 Å². The molecule has 0 atom stereocenters. The number of carbonyl (C=O) groups is 1. The van der Waals surface area contributed by atoms with Crippen LogP contribution >= 0.6 is 0 Å². The number of halogens is 2. The van der Waals surface area contributed by atoms with E-state index in [-0.39, 0.29) is 23.3 Å². The second-order valence-electron chi connectivity index (χ2n) is 5.68. The Labute approximate surface area is 135 Å². The van der Waals surface area contributed by atoms with Crippen LogP contribution in [-0.2, 0) is 0 Å². The first kappa shape index (κ1) is 14.8. The fourth-order valence-electron chi connectivity index (χ4n) is 2.62. The van der Waals surface area contributed by atoms with Gasteiger partial charge in [-0.05, 0) is 31.9 Å². The van der Waals surface area contributed by atoms with Crippen LogP contribution in [0.2, 0.25) is 0 Å². The summed E-state index contributed by atoms with van der Waals surface area (Å²) in [5.74, 6) is -1.35. The summed E-state index contributed by atoms with van der Waals surface area (Å²) in [6.07, 6.45) is -1.40. The standard InChI is InChI=1S/C16H13F2N3O3/c1-8-12(13(14(17)18)24-20-8)15(22)21(9-6-7-9)16-19-10-4-2-3-5-11(10)23-16/h2-5,9,14H,6-7H2,1H3. The highest BCUT2D eigenvalue weighted by molar-refractivity contribution is 6.07. The first-order chi connectivity index (χ1) is 11.6. The average Bonchev–Trinajstić information content (AvgIpc) is 3.15. The van der Waals surface area contributed by atoms with Gasteiger partial charge in [-0.15, -0.1) is 0 Å². The van der Waals surface area contributed by atoms with Crippen LogP contribution in [0.3, 0.4) is 0 Å². The van der Waals surface area contributed by atoms with E-state index in [1.165, 1.54) is 11.8 Å². The first-order valence-electron chi connectivity index (χ1n) is 7.49. The lowest BCUT2D eigenvalue weighted by Gasteiger charge is -2.17. The monoisotopic (exact) mass is 333 g/mol. The van der Waals surface area contributed by atoms with E-state index in [1.54, 1.807) is 24.3 Å². The van der Waals surface area contributed by atoms with Gasteiger partial charge in [-0.3, -0.25) is 9.69 Å². The lowest BCUT2D eigenvalue weighted by Crippen LogP contribution is -2.34. The number of carbonyl (C=O) groups excluding carboxylic acids is 1. The molecular weight excluding hydrogens is 320 g/mol. The molecule has 0 radical (unpaired) electrons. The molecule has 1 saturated carbocycles. The maximum absolute atomic E-state index is 13.1. The van der Waals surface area contributed by atoms with Gasteiger partial charge in [-0.25, -0.2) is 8.78 Å². The molecule has 24 heavy (non-hydrogen) atoms. The number of hydrogen-bond acceptors (Lipinski definition) is 5. The number of rotatable bonds is 4. The Morgan fingerprint density at radius 1 is 1.33 bits per heavy atom. The van der Waals surface area contributed by atoms with Crippen molar-refractivity contribution in [2.24, 2.45) is 0 Å². The van der Waals surface area contributed by atoms with Crippen molar-refractivity contribution in [1.29, 1.82) is 0 Å². The number of anilines is 1. The van der Waals surface area contributed by atoms with Crippen LogP contribution in [0.1, 0.15) is 41.1 Å². The SMILES string of the molecule is Cc1noc(C(F)F)c1C(=O)N(c1nc2ccccc2o1)C1CC1. The molecule has 3 aromatic rings.